The van der Waals surface area contributed by atoms with Gasteiger partial charge in [0.1, 0.15) is 11.2 Å². The molecule has 0 atom stereocenters. The van der Waals surface area contributed by atoms with E-state index in [1.165, 1.54) is 50.1 Å². The average molecular weight is 746 g/mol. The number of rotatable bonds is 9. The van der Waals surface area contributed by atoms with Gasteiger partial charge in [-0.25, -0.2) is 15.0 Å². The number of hydrogen-bond acceptors (Lipinski definition) is 4. The van der Waals surface area contributed by atoms with Gasteiger partial charge in [-0.15, -0.1) is 0 Å². The summed E-state index contributed by atoms with van der Waals surface area (Å²) >= 11 is 0. The van der Waals surface area contributed by atoms with Crippen LogP contribution in [0.3, 0.4) is 0 Å². The van der Waals surface area contributed by atoms with Crippen molar-refractivity contribution in [2.24, 2.45) is 0 Å². The number of furan rings is 1. The van der Waals surface area contributed by atoms with Crippen LogP contribution in [0.1, 0.15) is 16.7 Å². The van der Waals surface area contributed by atoms with E-state index < -0.39 is 0 Å². The summed E-state index contributed by atoms with van der Waals surface area (Å²) in [5, 5.41) is 2.13. The average Bonchev–Trinajstić information content (AvgIpc) is 3.68. The summed E-state index contributed by atoms with van der Waals surface area (Å²) in [7, 11) is 0. The van der Waals surface area contributed by atoms with Crippen LogP contribution in [0.4, 0.5) is 0 Å². The van der Waals surface area contributed by atoms with Crippen LogP contribution in [0, 0.1) is 6.92 Å². The maximum atomic E-state index is 6.62. The van der Waals surface area contributed by atoms with E-state index in [0.717, 1.165) is 51.5 Å². The Hall–Kier alpha value is -7.43. The van der Waals surface area contributed by atoms with Crippen molar-refractivity contribution in [1.82, 2.24) is 15.0 Å². The number of aromatic nitrogens is 3. The third kappa shape index (κ3) is 6.86. The minimum atomic E-state index is 0.581. The monoisotopic (exact) mass is 745 g/mol. The lowest BCUT2D eigenvalue weighted by Gasteiger charge is -2.15. The highest BCUT2D eigenvalue weighted by Crippen LogP contribution is 2.37. The molecule has 4 heteroatoms. The van der Waals surface area contributed by atoms with Crippen LogP contribution in [0.2, 0.25) is 0 Å². The zero-order valence-electron chi connectivity index (χ0n) is 32.1. The first-order chi connectivity index (χ1) is 28.6. The lowest BCUT2D eigenvalue weighted by Crippen LogP contribution is -2.00. The summed E-state index contributed by atoms with van der Waals surface area (Å²) in [6.45, 7) is 2.21. The third-order valence-electron chi connectivity index (χ3n) is 11.0. The number of nitrogens with zero attached hydrogens (tertiary/aromatic N) is 3. The molecule has 0 fully saturated rings. The lowest BCUT2D eigenvalue weighted by atomic mass is 9.90. The predicted molar refractivity (Wildman–Crippen MR) is 238 cm³/mol. The van der Waals surface area contributed by atoms with Gasteiger partial charge in [0.15, 0.2) is 17.5 Å². The number of fused-ring (bicyclic) bond motifs is 3. The van der Waals surface area contributed by atoms with Crippen LogP contribution in [0.15, 0.2) is 199 Å². The van der Waals surface area contributed by atoms with Gasteiger partial charge in [0, 0.05) is 21.9 Å². The smallest absolute Gasteiger partial charge is 0.167 e. The molecule has 276 valence electrons. The minimum Gasteiger partial charge on any atom is -0.455 e. The van der Waals surface area contributed by atoms with Crippen LogP contribution < -0.4 is 0 Å². The van der Waals surface area contributed by atoms with E-state index in [0.29, 0.717) is 17.5 Å². The summed E-state index contributed by atoms with van der Waals surface area (Å²) in [5.74, 6) is 1.83. The first kappa shape index (κ1) is 35.0. The van der Waals surface area contributed by atoms with Crippen LogP contribution in [-0.2, 0) is 12.8 Å². The SMILES string of the molecule is Cc1ccc(-c2cccc(-c3ccccc3)c2)cc1-c1ccccc1CCc1ccc2oc3c(-c4nc(-c5ccccc5)nc(-c5ccccc5)n4)cccc3c2c1. The molecule has 0 N–H and O–H groups in total. The van der Waals surface area contributed by atoms with Gasteiger partial charge < -0.3 is 4.42 Å². The fourth-order valence-electron chi connectivity index (χ4n) is 7.99. The Balaban J connectivity index is 0.967. The zero-order valence-corrected chi connectivity index (χ0v) is 32.1. The third-order valence-corrected chi connectivity index (χ3v) is 11.0. The summed E-state index contributed by atoms with van der Waals surface area (Å²) in [6.07, 6.45) is 1.80. The Morgan fingerprint density at radius 3 is 1.67 bits per heavy atom. The largest absolute Gasteiger partial charge is 0.455 e. The molecule has 0 aliphatic heterocycles. The van der Waals surface area contributed by atoms with Crippen molar-refractivity contribution in [3.8, 4) is 67.5 Å². The van der Waals surface area contributed by atoms with Gasteiger partial charge >= 0.3 is 0 Å². The van der Waals surface area contributed by atoms with Crippen molar-refractivity contribution in [3.05, 3.63) is 211 Å². The fourth-order valence-corrected chi connectivity index (χ4v) is 7.99. The van der Waals surface area contributed by atoms with E-state index in [1.54, 1.807) is 0 Å². The van der Waals surface area contributed by atoms with Gasteiger partial charge in [-0.2, -0.15) is 0 Å². The van der Waals surface area contributed by atoms with Crippen molar-refractivity contribution in [1.29, 1.82) is 0 Å². The van der Waals surface area contributed by atoms with E-state index >= 15 is 0 Å². The Kier molecular flexibility index (Phi) is 9.21. The Bertz CT molecular complexity index is 3000. The molecule has 10 rings (SSSR count). The topological polar surface area (TPSA) is 51.8 Å². The second-order valence-corrected chi connectivity index (χ2v) is 14.8. The molecule has 0 saturated carbocycles. The quantitative estimate of drug-likeness (QED) is 0.148. The van der Waals surface area contributed by atoms with Crippen LogP contribution in [0.25, 0.3) is 89.5 Å². The van der Waals surface area contributed by atoms with Gasteiger partial charge in [0.05, 0.1) is 5.56 Å². The number of benzene rings is 8. The molecule has 4 nitrogen and oxygen atoms in total. The van der Waals surface area contributed by atoms with Crippen LogP contribution in [0.5, 0.6) is 0 Å². The van der Waals surface area contributed by atoms with E-state index in [9.17, 15) is 0 Å². The van der Waals surface area contributed by atoms with Gasteiger partial charge in [-0.3, -0.25) is 0 Å². The zero-order chi connectivity index (χ0) is 38.8. The highest BCUT2D eigenvalue weighted by molar-refractivity contribution is 6.09. The molecule has 0 aliphatic rings. The lowest BCUT2D eigenvalue weighted by molar-refractivity contribution is 0.669. The maximum Gasteiger partial charge on any atom is 0.167 e. The Morgan fingerprint density at radius 1 is 0.379 bits per heavy atom. The van der Waals surface area contributed by atoms with Gasteiger partial charge in [-0.05, 0) is 100 Å². The second-order valence-electron chi connectivity index (χ2n) is 14.8. The Labute approximate surface area is 338 Å². The van der Waals surface area contributed by atoms with Gasteiger partial charge in [-0.1, -0.05) is 164 Å². The normalized spacial score (nSPS) is 11.3. The molecule has 2 heterocycles. The summed E-state index contributed by atoms with van der Waals surface area (Å²) in [6, 6.07) is 68.1. The molecule has 58 heavy (non-hydrogen) atoms. The van der Waals surface area contributed by atoms with Crippen molar-refractivity contribution in [2.45, 2.75) is 19.8 Å². The molecule has 0 saturated heterocycles. The molecule has 8 aromatic carbocycles. The van der Waals surface area contributed by atoms with Crippen molar-refractivity contribution in [3.63, 3.8) is 0 Å². The van der Waals surface area contributed by atoms with Crippen molar-refractivity contribution < 1.29 is 4.42 Å². The molecule has 0 radical (unpaired) electrons. The predicted octanol–water partition coefficient (Wildman–Crippen LogP) is 13.9. The summed E-state index contributed by atoms with van der Waals surface area (Å²) in [5.41, 5.74) is 15.6. The molecule has 2 aromatic heterocycles. The Morgan fingerprint density at radius 2 is 0.948 bits per heavy atom. The van der Waals surface area contributed by atoms with E-state index in [2.05, 4.69) is 134 Å². The molecule has 0 aliphatic carbocycles. The van der Waals surface area contributed by atoms with E-state index in [-0.39, 0.29) is 0 Å². The molecule has 10 aromatic rings. The van der Waals surface area contributed by atoms with Crippen molar-refractivity contribution >= 4 is 21.9 Å². The molecule has 0 amide bonds. The number of aryl methyl sites for hydroxylation is 3. The van der Waals surface area contributed by atoms with Gasteiger partial charge in [0.2, 0.25) is 0 Å². The van der Waals surface area contributed by atoms with E-state index in [1.807, 2.05) is 66.7 Å². The van der Waals surface area contributed by atoms with Gasteiger partial charge in [0.25, 0.3) is 0 Å². The summed E-state index contributed by atoms with van der Waals surface area (Å²) < 4.78 is 6.62. The first-order valence-electron chi connectivity index (χ1n) is 19.8. The first-order valence-corrected chi connectivity index (χ1v) is 19.8. The molecule has 0 unspecified atom stereocenters. The summed E-state index contributed by atoms with van der Waals surface area (Å²) in [4.78, 5) is 14.9. The molecule has 0 bridgehead atoms. The molecule has 0 spiro atoms. The number of para-hydroxylation sites is 1. The van der Waals surface area contributed by atoms with E-state index in [4.69, 9.17) is 19.4 Å². The highest BCUT2D eigenvalue weighted by atomic mass is 16.3. The molecular weight excluding hydrogens is 707 g/mol. The minimum absolute atomic E-state index is 0.581. The highest BCUT2D eigenvalue weighted by Gasteiger charge is 2.18. The van der Waals surface area contributed by atoms with Crippen LogP contribution in [-0.4, -0.2) is 15.0 Å². The van der Waals surface area contributed by atoms with Crippen molar-refractivity contribution in [2.75, 3.05) is 0 Å². The van der Waals surface area contributed by atoms with Crippen LogP contribution >= 0.6 is 0 Å². The maximum absolute atomic E-state index is 6.62. The second kappa shape index (κ2) is 15.2. The molecular formula is C54H39N3O. The fraction of sp³-hybridized carbons (Fsp3) is 0.0556. The number of hydrogen-bond donors (Lipinski definition) is 0. The standard InChI is InChI=1S/C54H39N3O/c1-36-27-30-44(43-23-13-22-42(34-43)38-15-5-2-6-16-38)35-48(36)45-24-12-11-17-39(45)31-28-37-29-32-50-49(33-37)46-25-14-26-47(51(46)58-50)54-56-52(40-18-7-3-8-19-40)55-53(57-54)41-20-9-4-10-21-41/h2-27,29-30,32-35H,28,31H2,1H3.